The van der Waals surface area contributed by atoms with Crippen LogP contribution in [0.4, 0.5) is 0 Å². The highest BCUT2D eigenvalue weighted by Crippen LogP contribution is 2.08. The smallest absolute Gasteiger partial charge is 0.308 e. The van der Waals surface area contributed by atoms with Gasteiger partial charge in [0.15, 0.2) is 0 Å². The minimum atomic E-state index is -0.436. The van der Waals surface area contributed by atoms with Crippen molar-refractivity contribution in [3.63, 3.8) is 0 Å². The van der Waals surface area contributed by atoms with Gasteiger partial charge in [0, 0.05) is 13.3 Å². The number of ether oxygens (including phenoxy) is 2. The zero-order valence-corrected chi connectivity index (χ0v) is 11.0. The monoisotopic (exact) mass is 244 g/mol. The van der Waals surface area contributed by atoms with Gasteiger partial charge in [0.2, 0.25) is 6.79 Å². The van der Waals surface area contributed by atoms with Gasteiger partial charge in [0.05, 0.1) is 0 Å². The van der Waals surface area contributed by atoms with E-state index in [1.165, 1.54) is 39.0 Å². The SMILES string of the molecule is CCCCCCCCCC(=O)OCOC(C)=O. The predicted molar refractivity (Wildman–Crippen MR) is 65.3 cm³/mol. The second-order valence-electron chi connectivity index (χ2n) is 4.14. The molecule has 17 heavy (non-hydrogen) atoms. The Morgan fingerprint density at radius 1 is 0.882 bits per heavy atom. The van der Waals surface area contributed by atoms with E-state index < -0.39 is 5.97 Å². The molecular weight excluding hydrogens is 220 g/mol. The van der Waals surface area contributed by atoms with Gasteiger partial charge < -0.3 is 9.47 Å². The maximum Gasteiger partial charge on any atom is 0.308 e. The van der Waals surface area contributed by atoms with E-state index in [9.17, 15) is 9.59 Å². The van der Waals surface area contributed by atoms with Crippen molar-refractivity contribution in [3.05, 3.63) is 0 Å². The first-order chi connectivity index (χ1) is 8.16. The second kappa shape index (κ2) is 11.4. The van der Waals surface area contributed by atoms with Crippen molar-refractivity contribution in [1.29, 1.82) is 0 Å². The summed E-state index contributed by atoms with van der Waals surface area (Å²) >= 11 is 0. The van der Waals surface area contributed by atoms with Crippen molar-refractivity contribution < 1.29 is 19.1 Å². The summed E-state index contributed by atoms with van der Waals surface area (Å²) in [6.45, 7) is 3.22. The standard InChI is InChI=1S/C13H24O4/c1-3-4-5-6-7-8-9-10-13(15)17-11-16-12(2)14/h3-11H2,1-2H3. The van der Waals surface area contributed by atoms with Crippen LogP contribution in [0.5, 0.6) is 0 Å². The molecule has 0 radical (unpaired) electrons. The minimum absolute atomic E-state index is 0.259. The molecule has 4 nitrogen and oxygen atoms in total. The van der Waals surface area contributed by atoms with Crippen LogP contribution in [0, 0.1) is 0 Å². The lowest BCUT2D eigenvalue weighted by Gasteiger charge is -2.04. The Balaban J connectivity index is 3.19. The van der Waals surface area contributed by atoms with Crippen LogP contribution in [0.3, 0.4) is 0 Å². The van der Waals surface area contributed by atoms with Crippen LogP contribution in [0.25, 0.3) is 0 Å². The number of carbonyl (C=O) groups is 2. The van der Waals surface area contributed by atoms with E-state index in [4.69, 9.17) is 4.74 Å². The Hall–Kier alpha value is -1.06. The third-order valence-corrected chi connectivity index (χ3v) is 2.47. The quantitative estimate of drug-likeness (QED) is 0.336. The molecule has 0 unspecified atom stereocenters. The Morgan fingerprint density at radius 3 is 2.06 bits per heavy atom. The van der Waals surface area contributed by atoms with Gasteiger partial charge in [-0.05, 0) is 6.42 Å². The highest BCUT2D eigenvalue weighted by molar-refractivity contribution is 5.69. The Kier molecular flexibility index (Phi) is 10.7. The lowest BCUT2D eigenvalue weighted by Crippen LogP contribution is -2.10. The number of unbranched alkanes of at least 4 members (excludes halogenated alkanes) is 6. The topological polar surface area (TPSA) is 52.6 Å². The molecule has 0 bridgehead atoms. The second-order valence-corrected chi connectivity index (χ2v) is 4.14. The summed E-state index contributed by atoms with van der Waals surface area (Å²) in [7, 11) is 0. The van der Waals surface area contributed by atoms with Gasteiger partial charge >= 0.3 is 11.9 Å². The molecule has 0 atom stereocenters. The lowest BCUT2D eigenvalue weighted by atomic mass is 10.1. The number of rotatable bonds is 10. The molecule has 0 fully saturated rings. The highest BCUT2D eigenvalue weighted by atomic mass is 16.7. The number of carbonyl (C=O) groups excluding carboxylic acids is 2. The first-order valence-electron chi connectivity index (χ1n) is 6.45. The fourth-order valence-electron chi connectivity index (χ4n) is 1.48. The van der Waals surface area contributed by atoms with E-state index >= 15 is 0 Å². The highest BCUT2D eigenvalue weighted by Gasteiger charge is 2.03. The Labute approximate surface area is 104 Å². The molecule has 0 saturated heterocycles. The molecule has 100 valence electrons. The van der Waals surface area contributed by atoms with Crippen molar-refractivity contribution in [1.82, 2.24) is 0 Å². The first-order valence-corrected chi connectivity index (χ1v) is 6.45. The number of esters is 2. The third-order valence-electron chi connectivity index (χ3n) is 2.47. The first kappa shape index (κ1) is 15.9. The molecule has 0 aliphatic heterocycles. The van der Waals surface area contributed by atoms with Gasteiger partial charge in [-0.2, -0.15) is 0 Å². The molecule has 0 heterocycles. The molecule has 0 aromatic rings. The molecule has 0 aliphatic rings. The zero-order chi connectivity index (χ0) is 12.9. The van der Waals surface area contributed by atoms with Gasteiger partial charge in [0.25, 0.3) is 0 Å². The summed E-state index contributed by atoms with van der Waals surface area (Å²) in [4.78, 5) is 21.5. The molecule has 0 rings (SSSR count). The number of hydrogen-bond donors (Lipinski definition) is 0. The average molecular weight is 244 g/mol. The maximum atomic E-state index is 11.1. The summed E-state index contributed by atoms with van der Waals surface area (Å²) < 4.78 is 9.22. The third kappa shape index (κ3) is 12.9. The fourth-order valence-corrected chi connectivity index (χ4v) is 1.48. The molecule has 0 aromatic carbocycles. The van der Waals surface area contributed by atoms with Crippen molar-refractivity contribution >= 4 is 11.9 Å². The van der Waals surface area contributed by atoms with Crippen LogP contribution in [-0.4, -0.2) is 18.7 Å². The normalized spacial score (nSPS) is 10.0. The molecular formula is C13H24O4. The van der Waals surface area contributed by atoms with Crippen LogP contribution in [0.15, 0.2) is 0 Å². The maximum absolute atomic E-state index is 11.1. The van der Waals surface area contributed by atoms with Gasteiger partial charge in [-0.3, -0.25) is 9.59 Å². The molecule has 4 heteroatoms. The average Bonchev–Trinajstić information content (AvgIpc) is 2.27. The molecule has 0 N–H and O–H groups in total. The largest absolute Gasteiger partial charge is 0.428 e. The molecule has 0 amide bonds. The molecule has 0 aromatic heterocycles. The summed E-state index contributed by atoms with van der Waals surface area (Å²) in [6, 6.07) is 0. The van der Waals surface area contributed by atoms with Gasteiger partial charge in [-0.15, -0.1) is 0 Å². The zero-order valence-electron chi connectivity index (χ0n) is 11.0. The number of hydrogen-bond acceptors (Lipinski definition) is 4. The van der Waals surface area contributed by atoms with Crippen molar-refractivity contribution in [3.8, 4) is 0 Å². The van der Waals surface area contributed by atoms with Crippen molar-refractivity contribution in [2.45, 2.75) is 65.2 Å². The summed E-state index contributed by atoms with van der Waals surface area (Å²) in [6.07, 6.45) is 8.58. The van der Waals surface area contributed by atoms with Crippen LogP contribution in [0.1, 0.15) is 65.2 Å². The van der Waals surface area contributed by atoms with Gasteiger partial charge in [-0.1, -0.05) is 45.4 Å². The Bertz CT molecular complexity index is 213. The minimum Gasteiger partial charge on any atom is -0.428 e. The van der Waals surface area contributed by atoms with E-state index in [0.29, 0.717) is 6.42 Å². The van der Waals surface area contributed by atoms with Crippen LogP contribution in [-0.2, 0) is 19.1 Å². The van der Waals surface area contributed by atoms with E-state index in [0.717, 1.165) is 12.8 Å². The summed E-state index contributed by atoms with van der Waals surface area (Å²) in [5.41, 5.74) is 0. The van der Waals surface area contributed by atoms with Gasteiger partial charge in [-0.25, -0.2) is 0 Å². The van der Waals surface area contributed by atoms with E-state index in [2.05, 4.69) is 11.7 Å². The van der Waals surface area contributed by atoms with Gasteiger partial charge in [0.1, 0.15) is 0 Å². The van der Waals surface area contributed by atoms with Crippen molar-refractivity contribution in [2.24, 2.45) is 0 Å². The van der Waals surface area contributed by atoms with E-state index in [1.54, 1.807) is 0 Å². The summed E-state index contributed by atoms with van der Waals surface area (Å²) in [5, 5.41) is 0. The lowest BCUT2D eigenvalue weighted by molar-refractivity contribution is -0.165. The van der Waals surface area contributed by atoms with Crippen LogP contribution >= 0.6 is 0 Å². The molecule has 0 spiro atoms. The molecule has 0 saturated carbocycles. The van der Waals surface area contributed by atoms with Crippen LogP contribution in [0.2, 0.25) is 0 Å². The molecule has 0 aliphatic carbocycles. The Morgan fingerprint density at radius 2 is 1.47 bits per heavy atom. The predicted octanol–water partition coefficient (Wildman–Crippen LogP) is 3.19. The van der Waals surface area contributed by atoms with E-state index in [-0.39, 0.29) is 12.8 Å². The summed E-state index contributed by atoms with van der Waals surface area (Å²) in [5.74, 6) is -0.728. The fraction of sp³-hybridized carbons (Fsp3) is 0.846. The van der Waals surface area contributed by atoms with E-state index in [1.807, 2.05) is 0 Å². The van der Waals surface area contributed by atoms with Crippen molar-refractivity contribution in [2.75, 3.05) is 6.79 Å². The van der Waals surface area contributed by atoms with Crippen LogP contribution < -0.4 is 0 Å².